The van der Waals surface area contributed by atoms with Crippen molar-refractivity contribution in [1.82, 2.24) is 24.7 Å². The first-order chi connectivity index (χ1) is 21.4. The first kappa shape index (κ1) is 28.0. The summed E-state index contributed by atoms with van der Waals surface area (Å²) in [7, 11) is -1.19. The van der Waals surface area contributed by atoms with Crippen LogP contribution in [0.15, 0.2) is 103 Å². The van der Waals surface area contributed by atoms with Crippen molar-refractivity contribution in [3.63, 3.8) is 0 Å². The van der Waals surface area contributed by atoms with Crippen molar-refractivity contribution in [3.05, 3.63) is 109 Å². The topological polar surface area (TPSA) is 80.7 Å². The zero-order valence-electron chi connectivity index (χ0n) is 25.3. The zero-order chi connectivity index (χ0) is 30.1. The highest BCUT2D eigenvalue weighted by Crippen LogP contribution is 2.36. The Morgan fingerprint density at radius 2 is 1.68 bits per heavy atom. The number of anilines is 1. The van der Waals surface area contributed by atoms with E-state index in [0.29, 0.717) is 6.73 Å². The molecule has 8 heteroatoms. The van der Waals surface area contributed by atoms with E-state index in [0.717, 1.165) is 80.2 Å². The molecule has 0 aliphatic carbocycles. The molecule has 0 saturated carbocycles. The van der Waals surface area contributed by atoms with Crippen LogP contribution >= 0.6 is 0 Å². The molecule has 3 aromatic heterocycles. The molecule has 0 amide bonds. The van der Waals surface area contributed by atoms with Crippen LogP contribution in [-0.4, -0.2) is 39.4 Å². The second-order valence-corrected chi connectivity index (χ2v) is 18.1. The summed E-state index contributed by atoms with van der Waals surface area (Å²) in [6.07, 6.45) is 3.90. The molecule has 0 bridgehead atoms. The zero-order valence-corrected chi connectivity index (χ0v) is 26.3. The van der Waals surface area contributed by atoms with Crippen LogP contribution < -0.4 is 5.32 Å². The van der Waals surface area contributed by atoms with Gasteiger partial charge in [-0.3, -0.25) is 4.98 Å². The lowest BCUT2D eigenvalue weighted by Crippen LogP contribution is -2.22. The van der Waals surface area contributed by atoms with Crippen molar-refractivity contribution in [2.45, 2.75) is 39.0 Å². The van der Waals surface area contributed by atoms with Crippen molar-refractivity contribution in [2.24, 2.45) is 0 Å². The molecule has 0 spiro atoms. The average Bonchev–Trinajstić information content (AvgIpc) is 3.63. The maximum absolute atomic E-state index is 6.14. The van der Waals surface area contributed by atoms with Gasteiger partial charge in [-0.2, -0.15) is 5.10 Å². The number of benzene rings is 4. The summed E-state index contributed by atoms with van der Waals surface area (Å²) in [5, 5.41) is 11.9. The van der Waals surface area contributed by atoms with Crippen LogP contribution in [-0.2, 0) is 18.0 Å². The maximum Gasteiger partial charge on any atom is 0.159 e. The van der Waals surface area contributed by atoms with Gasteiger partial charge >= 0.3 is 0 Å². The SMILES string of the molecule is C[Si](C)(C)CCOCn1nc(-c2nc3ccccc3[nH]2)c2cc(-c3cncc4c(NCc5ccccc5)cccc34)ccc21. The highest BCUT2D eigenvalue weighted by atomic mass is 28.3. The molecule has 0 saturated heterocycles. The molecular formula is C36H36N6OSi. The van der Waals surface area contributed by atoms with Crippen LogP contribution in [0.1, 0.15) is 5.56 Å². The fourth-order valence-electron chi connectivity index (χ4n) is 5.59. The van der Waals surface area contributed by atoms with E-state index in [2.05, 4.69) is 95.6 Å². The second kappa shape index (κ2) is 11.7. The molecule has 7 aromatic rings. The standard InChI is InChI=1S/C36H36N6OSi/c1-44(2,3)19-18-43-24-42-34-17-16-26(20-28(34)35(41-42)36-39-32-13-7-8-14-33(32)40-36)29-22-37-23-30-27(29)12-9-15-31(30)38-21-25-10-5-4-6-11-25/h4-17,20,22-23,38H,18-19,21,24H2,1-3H3,(H,39,40). The summed E-state index contributed by atoms with van der Waals surface area (Å²) < 4.78 is 8.10. The van der Waals surface area contributed by atoms with Crippen molar-refractivity contribution in [2.75, 3.05) is 11.9 Å². The first-order valence-electron chi connectivity index (χ1n) is 15.1. The van der Waals surface area contributed by atoms with E-state index in [9.17, 15) is 0 Å². The van der Waals surface area contributed by atoms with Gasteiger partial charge in [-0.05, 0) is 52.9 Å². The Morgan fingerprint density at radius 3 is 2.52 bits per heavy atom. The summed E-state index contributed by atoms with van der Waals surface area (Å²) in [6.45, 7) is 8.97. The maximum atomic E-state index is 6.14. The van der Waals surface area contributed by atoms with E-state index in [1.807, 2.05) is 47.4 Å². The highest BCUT2D eigenvalue weighted by Gasteiger charge is 2.19. The van der Waals surface area contributed by atoms with Gasteiger partial charge in [0.2, 0.25) is 0 Å². The predicted octanol–water partition coefficient (Wildman–Crippen LogP) is 8.72. The second-order valence-electron chi connectivity index (χ2n) is 12.5. The third-order valence-corrected chi connectivity index (χ3v) is 9.72. The van der Waals surface area contributed by atoms with Gasteiger partial charge in [-0.15, -0.1) is 0 Å². The van der Waals surface area contributed by atoms with Crippen molar-refractivity contribution >= 4 is 46.5 Å². The third kappa shape index (κ3) is 5.74. The third-order valence-electron chi connectivity index (χ3n) is 8.01. The fourth-order valence-corrected chi connectivity index (χ4v) is 6.34. The van der Waals surface area contributed by atoms with Crippen LogP contribution in [0.4, 0.5) is 5.69 Å². The number of ether oxygens (including phenoxy) is 1. The molecule has 7 nitrogen and oxygen atoms in total. The molecule has 220 valence electrons. The van der Waals surface area contributed by atoms with Crippen LogP contribution in [0.2, 0.25) is 25.7 Å². The van der Waals surface area contributed by atoms with Gasteiger partial charge in [0.15, 0.2) is 5.82 Å². The Kier molecular flexibility index (Phi) is 7.45. The molecule has 0 aliphatic heterocycles. The van der Waals surface area contributed by atoms with Gasteiger partial charge in [0.25, 0.3) is 0 Å². The van der Waals surface area contributed by atoms with Crippen LogP contribution in [0.5, 0.6) is 0 Å². The molecule has 3 heterocycles. The van der Waals surface area contributed by atoms with E-state index < -0.39 is 8.07 Å². The smallest absolute Gasteiger partial charge is 0.159 e. The minimum absolute atomic E-state index is 0.396. The van der Waals surface area contributed by atoms with Gasteiger partial charge in [0.1, 0.15) is 12.4 Å². The van der Waals surface area contributed by atoms with E-state index in [-0.39, 0.29) is 0 Å². The summed E-state index contributed by atoms with van der Waals surface area (Å²) in [6, 6.07) is 32.5. The predicted molar refractivity (Wildman–Crippen MR) is 183 cm³/mol. The lowest BCUT2D eigenvalue weighted by atomic mass is 9.98. The van der Waals surface area contributed by atoms with Crippen molar-refractivity contribution in [1.29, 1.82) is 0 Å². The number of nitrogens with one attached hydrogen (secondary N) is 2. The Bertz CT molecular complexity index is 2040. The summed E-state index contributed by atoms with van der Waals surface area (Å²) >= 11 is 0. The Hall–Kier alpha value is -4.79. The highest BCUT2D eigenvalue weighted by molar-refractivity contribution is 6.76. The monoisotopic (exact) mass is 596 g/mol. The molecule has 0 aliphatic rings. The van der Waals surface area contributed by atoms with Gasteiger partial charge in [0, 0.05) is 55.6 Å². The van der Waals surface area contributed by atoms with E-state index >= 15 is 0 Å². The quantitative estimate of drug-likeness (QED) is 0.122. The number of aromatic nitrogens is 5. The van der Waals surface area contributed by atoms with E-state index in [1.54, 1.807) is 0 Å². The number of rotatable bonds is 10. The molecule has 0 unspecified atom stereocenters. The van der Waals surface area contributed by atoms with Gasteiger partial charge in [0.05, 0.1) is 16.6 Å². The fraction of sp³-hybridized carbons (Fsp3) is 0.194. The minimum atomic E-state index is -1.19. The van der Waals surface area contributed by atoms with Crippen LogP contribution in [0.3, 0.4) is 0 Å². The molecule has 2 N–H and O–H groups in total. The number of hydrogen-bond donors (Lipinski definition) is 2. The largest absolute Gasteiger partial charge is 0.380 e. The number of hydrogen-bond acceptors (Lipinski definition) is 5. The first-order valence-corrected chi connectivity index (χ1v) is 18.8. The van der Waals surface area contributed by atoms with Gasteiger partial charge in [-0.1, -0.05) is 80.3 Å². The molecular weight excluding hydrogens is 561 g/mol. The lowest BCUT2D eigenvalue weighted by molar-refractivity contribution is 0.0818. The number of nitrogens with zero attached hydrogens (tertiary/aromatic N) is 4. The number of aromatic amines is 1. The Labute approximate surface area is 258 Å². The Balaban J connectivity index is 1.28. The number of imidazole rings is 1. The molecule has 44 heavy (non-hydrogen) atoms. The van der Waals surface area contributed by atoms with Crippen LogP contribution in [0, 0.1) is 0 Å². The molecule has 7 rings (SSSR count). The number of pyridine rings is 1. The molecule has 0 atom stereocenters. The summed E-state index contributed by atoms with van der Waals surface area (Å²) in [5.74, 6) is 0.748. The molecule has 0 radical (unpaired) electrons. The van der Waals surface area contributed by atoms with Gasteiger partial charge < -0.3 is 15.0 Å². The number of fused-ring (bicyclic) bond motifs is 3. The minimum Gasteiger partial charge on any atom is -0.380 e. The number of para-hydroxylation sites is 2. The normalized spacial score (nSPS) is 12.0. The lowest BCUT2D eigenvalue weighted by Gasteiger charge is -2.15. The molecule has 0 fully saturated rings. The van der Waals surface area contributed by atoms with Crippen molar-refractivity contribution < 1.29 is 4.74 Å². The van der Waals surface area contributed by atoms with E-state index in [1.165, 1.54) is 5.56 Å². The summed E-state index contributed by atoms with van der Waals surface area (Å²) in [5.41, 5.74) is 8.17. The van der Waals surface area contributed by atoms with Gasteiger partial charge in [-0.25, -0.2) is 9.67 Å². The van der Waals surface area contributed by atoms with Crippen LogP contribution in [0.25, 0.3) is 55.4 Å². The molecule has 4 aromatic carbocycles. The number of H-pyrrole nitrogens is 1. The van der Waals surface area contributed by atoms with E-state index in [4.69, 9.17) is 14.8 Å². The Morgan fingerprint density at radius 1 is 0.841 bits per heavy atom. The average molecular weight is 597 g/mol. The summed E-state index contributed by atoms with van der Waals surface area (Å²) in [4.78, 5) is 13.1. The van der Waals surface area contributed by atoms with Crippen molar-refractivity contribution in [3.8, 4) is 22.6 Å².